The van der Waals surface area contributed by atoms with E-state index in [4.69, 9.17) is 10.8 Å². The first-order valence-electron chi connectivity index (χ1n) is 5.47. The van der Waals surface area contributed by atoms with Crippen LogP contribution in [0.5, 0.6) is 0 Å². The Kier molecular flexibility index (Phi) is 3.56. The van der Waals surface area contributed by atoms with Crippen molar-refractivity contribution in [1.82, 2.24) is 4.90 Å². The lowest BCUT2D eigenvalue weighted by Crippen LogP contribution is -2.43. The summed E-state index contributed by atoms with van der Waals surface area (Å²) in [5.41, 5.74) is 5.94. The number of aliphatic hydroxyl groups is 1. The van der Waals surface area contributed by atoms with Crippen molar-refractivity contribution in [3.8, 4) is 0 Å². The maximum Gasteiger partial charge on any atom is 0.0608 e. The number of hydrogen-bond acceptors (Lipinski definition) is 3. The minimum atomic E-state index is -0.410. The van der Waals surface area contributed by atoms with Crippen molar-refractivity contribution in [2.24, 2.45) is 11.1 Å². The second-order valence-corrected chi connectivity index (χ2v) is 5.75. The van der Waals surface area contributed by atoms with Crippen LogP contribution in [-0.4, -0.2) is 41.8 Å². The zero-order valence-corrected chi connectivity index (χ0v) is 9.71. The van der Waals surface area contributed by atoms with E-state index in [0.717, 1.165) is 19.5 Å². The molecule has 0 spiro atoms. The standard InChI is InChI=1S/C11H24N2O/c1-10(2)4-6-13(8-10)7-5-11(3,12)9-14/h14H,4-9,12H2,1-3H3. The van der Waals surface area contributed by atoms with Gasteiger partial charge in [-0.3, -0.25) is 0 Å². The molecule has 3 heteroatoms. The van der Waals surface area contributed by atoms with Crippen LogP contribution in [0.4, 0.5) is 0 Å². The van der Waals surface area contributed by atoms with E-state index in [2.05, 4.69) is 18.7 Å². The Morgan fingerprint density at radius 1 is 1.50 bits per heavy atom. The highest BCUT2D eigenvalue weighted by Crippen LogP contribution is 2.28. The lowest BCUT2D eigenvalue weighted by atomic mass is 9.93. The number of nitrogens with zero attached hydrogens (tertiary/aromatic N) is 1. The topological polar surface area (TPSA) is 49.5 Å². The van der Waals surface area contributed by atoms with E-state index >= 15 is 0 Å². The summed E-state index contributed by atoms with van der Waals surface area (Å²) in [4.78, 5) is 2.45. The fraction of sp³-hybridized carbons (Fsp3) is 1.00. The predicted octanol–water partition coefficient (Wildman–Crippen LogP) is 0.818. The van der Waals surface area contributed by atoms with Gasteiger partial charge in [0.05, 0.1) is 6.61 Å². The van der Waals surface area contributed by atoms with Gasteiger partial charge in [-0.2, -0.15) is 0 Å². The first-order chi connectivity index (χ1) is 6.35. The lowest BCUT2D eigenvalue weighted by Gasteiger charge is -2.26. The number of nitrogens with two attached hydrogens (primary N) is 1. The average molecular weight is 200 g/mol. The molecule has 1 fully saturated rings. The van der Waals surface area contributed by atoms with Crippen molar-refractivity contribution in [3.63, 3.8) is 0 Å². The molecule has 1 atom stereocenters. The Balaban J connectivity index is 2.27. The number of hydrogen-bond donors (Lipinski definition) is 2. The van der Waals surface area contributed by atoms with Crippen LogP contribution in [0.15, 0.2) is 0 Å². The van der Waals surface area contributed by atoms with Crippen LogP contribution in [-0.2, 0) is 0 Å². The molecule has 0 aromatic rings. The van der Waals surface area contributed by atoms with Crippen LogP contribution in [0, 0.1) is 5.41 Å². The first-order valence-corrected chi connectivity index (χ1v) is 5.47. The normalized spacial score (nSPS) is 26.4. The van der Waals surface area contributed by atoms with E-state index in [9.17, 15) is 0 Å². The van der Waals surface area contributed by atoms with E-state index in [1.165, 1.54) is 13.0 Å². The molecule has 1 unspecified atom stereocenters. The predicted molar refractivity (Wildman–Crippen MR) is 59.1 cm³/mol. The number of likely N-dealkylation sites (tertiary alicyclic amines) is 1. The SMILES string of the molecule is CC1(C)CCN(CCC(C)(N)CO)C1. The third-order valence-corrected chi connectivity index (χ3v) is 3.12. The molecule has 0 aromatic heterocycles. The third-order valence-electron chi connectivity index (χ3n) is 3.12. The highest BCUT2D eigenvalue weighted by atomic mass is 16.3. The summed E-state index contributed by atoms with van der Waals surface area (Å²) >= 11 is 0. The molecule has 1 aliphatic rings. The van der Waals surface area contributed by atoms with Gasteiger partial charge in [-0.25, -0.2) is 0 Å². The maximum absolute atomic E-state index is 9.03. The lowest BCUT2D eigenvalue weighted by molar-refractivity contribution is 0.179. The van der Waals surface area contributed by atoms with Gasteiger partial charge in [-0.15, -0.1) is 0 Å². The zero-order chi connectivity index (χ0) is 10.8. The molecule has 3 nitrogen and oxygen atoms in total. The van der Waals surface area contributed by atoms with Crippen LogP contribution in [0.25, 0.3) is 0 Å². The molecule has 0 aliphatic carbocycles. The molecular formula is C11H24N2O. The summed E-state index contributed by atoms with van der Waals surface area (Å²) in [6.45, 7) is 9.94. The molecular weight excluding hydrogens is 176 g/mol. The molecule has 14 heavy (non-hydrogen) atoms. The second-order valence-electron chi connectivity index (χ2n) is 5.75. The van der Waals surface area contributed by atoms with E-state index in [1.807, 2.05) is 6.92 Å². The van der Waals surface area contributed by atoms with Crippen molar-refractivity contribution < 1.29 is 5.11 Å². The third kappa shape index (κ3) is 3.56. The van der Waals surface area contributed by atoms with Crippen LogP contribution >= 0.6 is 0 Å². The first kappa shape index (κ1) is 12.0. The molecule has 0 amide bonds. The second kappa shape index (κ2) is 4.17. The van der Waals surface area contributed by atoms with Crippen molar-refractivity contribution in [2.45, 2.75) is 39.2 Å². The molecule has 0 bridgehead atoms. The van der Waals surface area contributed by atoms with Crippen LogP contribution in [0.2, 0.25) is 0 Å². The number of aliphatic hydroxyl groups excluding tert-OH is 1. The Bertz CT molecular complexity index is 190. The van der Waals surface area contributed by atoms with Gasteiger partial charge in [-0.1, -0.05) is 13.8 Å². The zero-order valence-electron chi connectivity index (χ0n) is 9.71. The minimum Gasteiger partial charge on any atom is -0.394 e. The molecule has 84 valence electrons. The Morgan fingerprint density at radius 3 is 2.57 bits per heavy atom. The molecule has 3 N–H and O–H groups in total. The Hall–Kier alpha value is -0.120. The summed E-state index contributed by atoms with van der Waals surface area (Å²) < 4.78 is 0. The molecule has 1 heterocycles. The van der Waals surface area contributed by atoms with Gasteiger partial charge < -0.3 is 15.7 Å². The summed E-state index contributed by atoms with van der Waals surface area (Å²) in [6, 6.07) is 0. The van der Waals surface area contributed by atoms with Crippen molar-refractivity contribution >= 4 is 0 Å². The largest absolute Gasteiger partial charge is 0.394 e. The molecule has 0 aromatic carbocycles. The van der Waals surface area contributed by atoms with Crippen LogP contribution < -0.4 is 5.73 Å². The highest BCUT2D eigenvalue weighted by molar-refractivity contribution is 4.85. The van der Waals surface area contributed by atoms with Gasteiger partial charge in [-0.05, 0) is 38.3 Å². The van der Waals surface area contributed by atoms with E-state index in [1.54, 1.807) is 0 Å². The van der Waals surface area contributed by atoms with Gasteiger partial charge >= 0.3 is 0 Å². The maximum atomic E-state index is 9.03. The van der Waals surface area contributed by atoms with Crippen molar-refractivity contribution in [3.05, 3.63) is 0 Å². The molecule has 1 saturated heterocycles. The number of rotatable bonds is 4. The van der Waals surface area contributed by atoms with Crippen LogP contribution in [0.3, 0.4) is 0 Å². The van der Waals surface area contributed by atoms with E-state index in [-0.39, 0.29) is 6.61 Å². The van der Waals surface area contributed by atoms with Gasteiger partial charge in [0.2, 0.25) is 0 Å². The van der Waals surface area contributed by atoms with E-state index < -0.39 is 5.54 Å². The molecule has 1 rings (SSSR count). The fourth-order valence-corrected chi connectivity index (χ4v) is 1.91. The quantitative estimate of drug-likeness (QED) is 0.706. The fourth-order valence-electron chi connectivity index (χ4n) is 1.91. The minimum absolute atomic E-state index is 0.0736. The van der Waals surface area contributed by atoms with Gasteiger partial charge in [0.1, 0.15) is 0 Å². The molecule has 1 aliphatic heterocycles. The Labute approximate surface area is 87.3 Å². The summed E-state index contributed by atoms with van der Waals surface area (Å²) in [5.74, 6) is 0. The monoisotopic (exact) mass is 200 g/mol. The summed E-state index contributed by atoms with van der Waals surface area (Å²) in [7, 11) is 0. The van der Waals surface area contributed by atoms with E-state index in [0.29, 0.717) is 5.41 Å². The molecule has 0 saturated carbocycles. The van der Waals surface area contributed by atoms with Crippen LogP contribution in [0.1, 0.15) is 33.6 Å². The van der Waals surface area contributed by atoms with Crippen molar-refractivity contribution in [2.75, 3.05) is 26.2 Å². The highest BCUT2D eigenvalue weighted by Gasteiger charge is 2.29. The van der Waals surface area contributed by atoms with Gasteiger partial charge in [0.25, 0.3) is 0 Å². The summed E-state index contributed by atoms with van der Waals surface area (Å²) in [5, 5.41) is 9.03. The average Bonchev–Trinajstić information content (AvgIpc) is 2.43. The van der Waals surface area contributed by atoms with Gasteiger partial charge in [0, 0.05) is 12.1 Å². The smallest absolute Gasteiger partial charge is 0.0608 e. The van der Waals surface area contributed by atoms with Gasteiger partial charge in [0.15, 0.2) is 0 Å². The molecule has 0 radical (unpaired) electrons. The Morgan fingerprint density at radius 2 is 2.14 bits per heavy atom. The van der Waals surface area contributed by atoms with Crippen molar-refractivity contribution in [1.29, 1.82) is 0 Å². The summed E-state index contributed by atoms with van der Waals surface area (Å²) in [6.07, 6.45) is 2.15.